The van der Waals surface area contributed by atoms with Crippen molar-refractivity contribution in [2.24, 2.45) is 5.41 Å². The number of alkyl halides is 3. The third-order valence-electron chi connectivity index (χ3n) is 6.81. The van der Waals surface area contributed by atoms with E-state index in [0.29, 0.717) is 27.2 Å². The first-order valence-electron chi connectivity index (χ1n) is 11.3. The highest BCUT2D eigenvalue weighted by molar-refractivity contribution is 7.18. The number of aromatic nitrogens is 2. The zero-order chi connectivity index (χ0) is 24.8. The summed E-state index contributed by atoms with van der Waals surface area (Å²) in [6.07, 6.45) is -0.912. The largest absolute Gasteiger partial charge is 0.393 e. The molecule has 0 atom stereocenters. The number of amides is 1. The standard InChI is InChI=1S/C24H23F3N6OS/c1-29-21(34)18-3-2-15(6-14(18)11-28)32-16-8-23(9-16)4-5-33(12-23)20-19-7-17(10-24(25,26)27)35-22(19)31-13-30-20/h2-3,6-7,13,16,32H,4-5,8-10,12H2,1H3,(H,29,34). The van der Waals surface area contributed by atoms with Crippen molar-refractivity contribution in [3.63, 3.8) is 0 Å². The minimum absolute atomic E-state index is 0.125. The number of thiophene rings is 1. The Bertz CT molecular complexity index is 1330. The van der Waals surface area contributed by atoms with Gasteiger partial charge in [0.1, 0.15) is 23.0 Å². The highest BCUT2D eigenvalue weighted by atomic mass is 32.1. The van der Waals surface area contributed by atoms with Gasteiger partial charge in [0, 0.05) is 36.7 Å². The van der Waals surface area contributed by atoms with Gasteiger partial charge in [0.25, 0.3) is 5.91 Å². The van der Waals surface area contributed by atoms with Crippen molar-refractivity contribution in [1.82, 2.24) is 15.3 Å². The van der Waals surface area contributed by atoms with E-state index < -0.39 is 12.6 Å². The van der Waals surface area contributed by atoms with E-state index in [1.54, 1.807) is 18.2 Å². The summed E-state index contributed by atoms with van der Waals surface area (Å²) >= 11 is 1.07. The maximum atomic E-state index is 12.9. The fraction of sp³-hybridized carbons (Fsp3) is 0.417. The molecule has 1 aliphatic carbocycles. The van der Waals surface area contributed by atoms with E-state index in [1.165, 1.54) is 13.4 Å². The Balaban J connectivity index is 1.25. The molecular weight excluding hydrogens is 477 g/mol. The van der Waals surface area contributed by atoms with E-state index in [9.17, 15) is 23.2 Å². The summed E-state index contributed by atoms with van der Waals surface area (Å²) < 4.78 is 38.6. The lowest BCUT2D eigenvalue weighted by atomic mass is 9.65. The molecule has 2 aromatic heterocycles. The monoisotopic (exact) mass is 500 g/mol. The van der Waals surface area contributed by atoms with Crippen LogP contribution in [0.2, 0.25) is 0 Å². The minimum Gasteiger partial charge on any atom is -0.382 e. The minimum atomic E-state index is -4.25. The fourth-order valence-electron chi connectivity index (χ4n) is 5.26. The molecule has 3 heterocycles. The second kappa shape index (κ2) is 8.68. The van der Waals surface area contributed by atoms with Crippen molar-refractivity contribution in [2.45, 2.75) is 37.9 Å². The molecule has 1 aliphatic heterocycles. The Labute approximate surface area is 204 Å². The number of anilines is 2. The van der Waals surface area contributed by atoms with E-state index in [0.717, 1.165) is 49.4 Å². The molecule has 1 aromatic carbocycles. The molecule has 35 heavy (non-hydrogen) atoms. The molecule has 1 saturated carbocycles. The Kier molecular flexibility index (Phi) is 5.79. The van der Waals surface area contributed by atoms with Crippen LogP contribution in [0.15, 0.2) is 30.6 Å². The van der Waals surface area contributed by atoms with Crippen molar-refractivity contribution in [1.29, 1.82) is 5.26 Å². The van der Waals surface area contributed by atoms with Gasteiger partial charge < -0.3 is 15.5 Å². The van der Waals surface area contributed by atoms with Gasteiger partial charge in [-0.1, -0.05) is 0 Å². The van der Waals surface area contributed by atoms with Crippen LogP contribution in [0.4, 0.5) is 24.7 Å². The average Bonchev–Trinajstić information content (AvgIpc) is 3.41. The van der Waals surface area contributed by atoms with Gasteiger partial charge in [0.2, 0.25) is 0 Å². The zero-order valence-corrected chi connectivity index (χ0v) is 19.8. The van der Waals surface area contributed by atoms with Gasteiger partial charge in [0.05, 0.1) is 22.9 Å². The number of carbonyl (C=O) groups excluding carboxylic acids is 1. The maximum Gasteiger partial charge on any atom is 0.393 e. The molecule has 5 rings (SSSR count). The van der Waals surface area contributed by atoms with Gasteiger partial charge >= 0.3 is 6.18 Å². The Hall–Kier alpha value is -3.39. The van der Waals surface area contributed by atoms with E-state index in [-0.39, 0.29) is 22.2 Å². The third kappa shape index (κ3) is 4.62. The zero-order valence-electron chi connectivity index (χ0n) is 18.9. The molecule has 11 heteroatoms. The quantitative estimate of drug-likeness (QED) is 0.536. The van der Waals surface area contributed by atoms with Crippen molar-refractivity contribution in [3.8, 4) is 6.07 Å². The number of hydrogen-bond acceptors (Lipinski definition) is 7. The molecule has 3 aromatic rings. The van der Waals surface area contributed by atoms with Crippen LogP contribution in [0.5, 0.6) is 0 Å². The molecule has 0 radical (unpaired) electrons. The molecule has 2 aliphatic rings. The van der Waals surface area contributed by atoms with Crippen molar-refractivity contribution < 1.29 is 18.0 Å². The van der Waals surface area contributed by atoms with Crippen molar-refractivity contribution >= 4 is 39.0 Å². The first-order valence-corrected chi connectivity index (χ1v) is 12.1. The summed E-state index contributed by atoms with van der Waals surface area (Å²) in [5, 5.41) is 16.1. The lowest BCUT2D eigenvalue weighted by molar-refractivity contribution is -0.126. The molecule has 0 unspecified atom stereocenters. The highest BCUT2D eigenvalue weighted by Gasteiger charge is 2.49. The maximum absolute atomic E-state index is 12.9. The number of halogens is 3. The summed E-state index contributed by atoms with van der Waals surface area (Å²) in [6, 6.07) is 9.07. The number of nitrogens with one attached hydrogen (secondary N) is 2. The molecular formula is C24H23F3N6OS. The van der Waals surface area contributed by atoms with Gasteiger partial charge in [0.15, 0.2) is 0 Å². The van der Waals surface area contributed by atoms with E-state index in [2.05, 4.69) is 31.6 Å². The van der Waals surface area contributed by atoms with Crippen LogP contribution in [0, 0.1) is 16.7 Å². The van der Waals surface area contributed by atoms with Crippen LogP contribution >= 0.6 is 11.3 Å². The third-order valence-corrected chi connectivity index (χ3v) is 7.86. The average molecular weight is 501 g/mol. The fourth-order valence-corrected chi connectivity index (χ4v) is 6.28. The topological polar surface area (TPSA) is 93.9 Å². The van der Waals surface area contributed by atoms with Crippen LogP contribution in [-0.2, 0) is 6.42 Å². The number of fused-ring (bicyclic) bond motifs is 1. The number of benzene rings is 1. The first kappa shape index (κ1) is 23.4. The van der Waals surface area contributed by atoms with Crippen LogP contribution in [-0.4, -0.2) is 48.2 Å². The SMILES string of the molecule is CNC(=O)c1ccc(NC2CC3(CCN(c4ncnc5sc(CC(F)(F)F)cc45)C3)C2)cc1C#N. The van der Waals surface area contributed by atoms with Gasteiger partial charge in [-0.15, -0.1) is 11.3 Å². The predicted molar refractivity (Wildman–Crippen MR) is 128 cm³/mol. The summed E-state index contributed by atoms with van der Waals surface area (Å²) in [7, 11) is 1.53. The Morgan fingerprint density at radius 2 is 2.11 bits per heavy atom. The summed E-state index contributed by atoms with van der Waals surface area (Å²) in [4.78, 5) is 23.5. The van der Waals surface area contributed by atoms with Gasteiger partial charge in [-0.3, -0.25) is 4.79 Å². The van der Waals surface area contributed by atoms with Crippen molar-refractivity contribution in [2.75, 3.05) is 30.4 Å². The van der Waals surface area contributed by atoms with E-state index in [4.69, 9.17) is 0 Å². The number of hydrogen-bond donors (Lipinski definition) is 2. The lowest BCUT2D eigenvalue weighted by Gasteiger charge is -2.46. The highest BCUT2D eigenvalue weighted by Crippen LogP contribution is 2.50. The lowest BCUT2D eigenvalue weighted by Crippen LogP contribution is -2.46. The Morgan fingerprint density at radius 3 is 2.83 bits per heavy atom. The second-order valence-corrected chi connectivity index (χ2v) is 10.4. The molecule has 0 bridgehead atoms. The van der Waals surface area contributed by atoms with Crippen molar-refractivity contribution in [3.05, 3.63) is 46.6 Å². The summed E-state index contributed by atoms with van der Waals surface area (Å²) in [6.45, 7) is 1.59. The number of nitriles is 1. The molecule has 182 valence electrons. The van der Waals surface area contributed by atoms with Gasteiger partial charge in [-0.05, 0) is 48.9 Å². The molecule has 1 amide bonds. The number of carbonyl (C=O) groups is 1. The number of nitrogens with zero attached hydrogens (tertiary/aromatic N) is 4. The smallest absolute Gasteiger partial charge is 0.382 e. The van der Waals surface area contributed by atoms with Gasteiger partial charge in [-0.25, -0.2) is 9.97 Å². The van der Waals surface area contributed by atoms with Gasteiger partial charge in [-0.2, -0.15) is 18.4 Å². The molecule has 7 nitrogen and oxygen atoms in total. The second-order valence-electron chi connectivity index (χ2n) is 9.29. The van der Waals surface area contributed by atoms with Crippen LogP contribution in [0.25, 0.3) is 10.2 Å². The van der Waals surface area contributed by atoms with Crippen LogP contribution < -0.4 is 15.5 Å². The van der Waals surface area contributed by atoms with Crippen LogP contribution in [0.3, 0.4) is 0 Å². The van der Waals surface area contributed by atoms with E-state index in [1.807, 2.05) is 6.07 Å². The molecule has 2 N–H and O–H groups in total. The van der Waals surface area contributed by atoms with Crippen LogP contribution in [0.1, 0.15) is 40.1 Å². The molecule has 1 spiro atoms. The first-order chi connectivity index (χ1) is 16.7. The molecule has 1 saturated heterocycles. The predicted octanol–water partition coefficient (Wildman–Crippen LogP) is 4.50. The summed E-state index contributed by atoms with van der Waals surface area (Å²) in [5.41, 5.74) is 1.60. The number of rotatable bonds is 5. The normalized spacial score (nSPS) is 21.7. The summed E-state index contributed by atoms with van der Waals surface area (Å²) in [5.74, 6) is 0.410. The Morgan fingerprint density at radius 1 is 1.31 bits per heavy atom. The van der Waals surface area contributed by atoms with E-state index >= 15 is 0 Å². The molecule has 2 fully saturated rings.